The van der Waals surface area contributed by atoms with Gasteiger partial charge in [0.05, 0.1) is 0 Å². The summed E-state index contributed by atoms with van der Waals surface area (Å²) in [5.41, 5.74) is 5.77. The Labute approximate surface area is 88.8 Å². The molecule has 0 radical (unpaired) electrons. The van der Waals surface area contributed by atoms with Crippen LogP contribution in [0.3, 0.4) is 0 Å². The molecule has 2 N–H and O–H groups in total. The quantitative estimate of drug-likeness (QED) is 0.708. The fraction of sp³-hybridized carbons (Fsp3) is 1.00. The van der Waals surface area contributed by atoms with Crippen molar-refractivity contribution < 1.29 is 0 Å². The number of hydrogen-bond acceptors (Lipinski definition) is 2. The van der Waals surface area contributed by atoms with Gasteiger partial charge < -0.3 is 10.6 Å². The summed E-state index contributed by atoms with van der Waals surface area (Å²) in [4.78, 5) is 2.47. The molecular weight excluding hydrogens is 172 g/mol. The average molecular weight is 198 g/mol. The minimum Gasteiger partial charge on any atom is -0.328 e. The molecule has 2 nitrogen and oxygen atoms in total. The van der Waals surface area contributed by atoms with E-state index in [-0.39, 0.29) is 0 Å². The molecule has 1 saturated carbocycles. The topological polar surface area (TPSA) is 29.3 Å². The van der Waals surface area contributed by atoms with E-state index in [1.807, 2.05) is 0 Å². The molecule has 0 spiro atoms. The zero-order valence-electron chi connectivity index (χ0n) is 10.00. The van der Waals surface area contributed by atoms with Crippen LogP contribution in [-0.2, 0) is 0 Å². The lowest BCUT2D eigenvalue weighted by Crippen LogP contribution is -2.42. The lowest BCUT2D eigenvalue weighted by Gasteiger charge is -2.35. The van der Waals surface area contributed by atoms with E-state index in [0.717, 1.165) is 11.8 Å². The minimum atomic E-state index is 0.504. The summed E-state index contributed by atoms with van der Waals surface area (Å²) in [5.74, 6) is 1.73. The van der Waals surface area contributed by atoms with E-state index in [9.17, 15) is 0 Å². The molecule has 84 valence electrons. The first kappa shape index (κ1) is 12.0. The molecular formula is C12H26N2. The molecule has 1 rings (SSSR count). The van der Waals surface area contributed by atoms with Gasteiger partial charge in [-0.3, -0.25) is 0 Å². The Morgan fingerprint density at radius 3 is 2.50 bits per heavy atom. The lowest BCUT2D eigenvalue weighted by molar-refractivity contribution is 0.179. The predicted molar refractivity (Wildman–Crippen MR) is 62.3 cm³/mol. The molecule has 0 bridgehead atoms. The summed E-state index contributed by atoms with van der Waals surface area (Å²) < 4.78 is 0. The Morgan fingerprint density at radius 2 is 2.00 bits per heavy atom. The maximum atomic E-state index is 5.77. The Kier molecular flexibility index (Phi) is 4.90. The van der Waals surface area contributed by atoms with E-state index in [1.165, 1.54) is 38.8 Å². The Bertz CT molecular complexity index is 150. The van der Waals surface area contributed by atoms with Gasteiger partial charge in [0.2, 0.25) is 0 Å². The van der Waals surface area contributed by atoms with E-state index < -0.39 is 0 Å². The third-order valence-corrected chi connectivity index (χ3v) is 3.16. The van der Waals surface area contributed by atoms with E-state index in [0.29, 0.717) is 6.04 Å². The van der Waals surface area contributed by atoms with Crippen molar-refractivity contribution in [3.05, 3.63) is 0 Å². The highest BCUT2D eigenvalue weighted by Gasteiger charge is 2.26. The van der Waals surface area contributed by atoms with Gasteiger partial charge in [-0.1, -0.05) is 13.8 Å². The zero-order valence-corrected chi connectivity index (χ0v) is 10.00. The molecule has 1 fully saturated rings. The smallest absolute Gasteiger partial charge is 0.00450 e. The molecule has 0 heterocycles. The van der Waals surface area contributed by atoms with Crippen LogP contribution < -0.4 is 5.73 Å². The highest BCUT2D eigenvalue weighted by molar-refractivity contribution is 4.83. The zero-order chi connectivity index (χ0) is 10.6. The summed E-state index contributed by atoms with van der Waals surface area (Å²) in [6.07, 6.45) is 5.19. The predicted octanol–water partition coefficient (Wildman–Crippen LogP) is 2.09. The largest absolute Gasteiger partial charge is 0.328 e. The first-order valence-electron chi connectivity index (χ1n) is 6.02. The van der Waals surface area contributed by atoms with Crippen molar-refractivity contribution in [1.82, 2.24) is 4.90 Å². The Morgan fingerprint density at radius 1 is 1.36 bits per heavy atom. The van der Waals surface area contributed by atoms with Crippen molar-refractivity contribution in [2.24, 2.45) is 17.6 Å². The van der Waals surface area contributed by atoms with Gasteiger partial charge >= 0.3 is 0 Å². The highest BCUT2D eigenvalue weighted by atomic mass is 15.1. The van der Waals surface area contributed by atoms with Crippen molar-refractivity contribution in [3.63, 3.8) is 0 Å². The van der Waals surface area contributed by atoms with Gasteiger partial charge in [0.1, 0.15) is 0 Å². The molecule has 0 aromatic heterocycles. The third-order valence-electron chi connectivity index (χ3n) is 3.16. The molecule has 14 heavy (non-hydrogen) atoms. The number of nitrogens with two attached hydrogens (primary N) is 1. The SMILES string of the molecule is CC(C)CCCN(C)CC1CC(N)C1. The molecule has 0 aromatic rings. The fourth-order valence-corrected chi connectivity index (χ4v) is 2.24. The molecule has 0 amide bonds. The summed E-state index contributed by atoms with van der Waals surface area (Å²) in [5, 5.41) is 0. The van der Waals surface area contributed by atoms with Crippen LogP contribution in [0.25, 0.3) is 0 Å². The molecule has 0 aliphatic heterocycles. The second-order valence-electron chi connectivity index (χ2n) is 5.40. The molecule has 1 aliphatic rings. The Balaban J connectivity index is 1.96. The first-order chi connectivity index (χ1) is 6.58. The van der Waals surface area contributed by atoms with Crippen LogP contribution in [0.1, 0.15) is 39.5 Å². The van der Waals surface area contributed by atoms with E-state index >= 15 is 0 Å². The van der Waals surface area contributed by atoms with E-state index in [4.69, 9.17) is 5.73 Å². The molecule has 0 aromatic carbocycles. The molecule has 0 unspecified atom stereocenters. The van der Waals surface area contributed by atoms with Crippen molar-refractivity contribution >= 4 is 0 Å². The second-order valence-corrected chi connectivity index (χ2v) is 5.40. The highest BCUT2D eigenvalue weighted by Crippen LogP contribution is 2.26. The van der Waals surface area contributed by atoms with Crippen LogP contribution in [0.2, 0.25) is 0 Å². The van der Waals surface area contributed by atoms with Gasteiger partial charge in [0.25, 0.3) is 0 Å². The van der Waals surface area contributed by atoms with Gasteiger partial charge in [-0.2, -0.15) is 0 Å². The van der Waals surface area contributed by atoms with Gasteiger partial charge in [-0.15, -0.1) is 0 Å². The van der Waals surface area contributed by atoms with Crippen molar-refractivity contribution in [3.8, 4) is 0 Å². The first-order valence-corrected chi connectivity index (χ1v) is 6.02. The normalized spacial score (nSPS) is 27.0. The summed E-state index contributed by atoms with van der Waals surface area (Å²) in [6.45, 7) is 7.10. The van der Waals surface area contributed by atoms with Crippen molar-refractivity contribution in [2.75, 3.05) is 20.1 Å². The molecule has 0 atom stereocenters. The van der Waals surface area contributed by atoms with Crippen molar-refractivity contribution in [1.29, 1.82) is 0 Å². The maximum Gasteiger partial charge on any atom is 0.00450 e. The fourth-order valence-electron chi connectivity index (χ4n) is 2.24. The Hall–Kier alpha value is -0.0800. The van der Waals surface area contributed by atoms with Crippen LogP contribution in [0.4, 0.5) is 0 Å². The number of nitrogens with zero attached hydrogens (tertiary/aromatic N) is 1. The van der Waals surface area contributed by atoms with E-state index in [2.05, 4.69) is 25.8 Å². The van der Waals surface area contributed by atoms with Crippen LogP contribution in [0.15, 0.2) is 0 Å². The second kappa shape index (κ2) is 5.72. The summed E-state index contributed by atoms with van der Waals surface area (Å²) in [7, 11) is 2.24. The monoisotopic (exact) mass is 198 g/mol. The minimum absolute atomic E-state index is 0.504. The van der Waals surface area contributed by atoms with Gasteiger partial charge in [-0.05, 0) is 51.1 Å². The van der Waals surface area contributed by atoms with Crippen LogP contribution >= 0.6 is 0 Å². The van der Waals surface area contributed by atoms with Gasteiger partial charge in [0.15, 0.2) is 0 Å². The number of hydrogen-bond donors (Lipinski definition) is 1. The van der Waals surface area contributed by atoms with Crippen LogP contribution in [-0.4, -0.2) is 31.1 Å². The van der Waals surface area contributed by atoms with Crippen molar-refractivity contribution in [2.45, 2.75) is 45.6 Å². The van der Waals surface area contributed by atoms with Crippen LogP contribution in [0, 0.1) is 11.8 Å². The molecule has 0 saturated heterocycles. The van der Waals surface area contributed by atoms with Crippen LogP contribution in [0.5, 0.6) is 0 Å². The standard InChI is InChI=1S/C12H26N2/c1-10(2)5-4-6-14(3)9-11-7-12(13)8-11/h10-12H,4-9,13H2,1-3H3. The molecule has 2 heteroatoms. The third kappa shape index (κ3) is 4.43. The maximum absolute atomic E-state index is 5.77. The van der Waals surface area contributed by atoms with E-state index in [1.54, 1.807) is 0 Å². The summed E-state index contributed by atoms with van der Waals surface area (Å²) in [6, 6.07) is 0.504. The lowest BCUT2D eigenvalue weighted by atomic mass is 9.80. The average Bonchev–Trinajstić information content (AvgIpc) is 2.00. The molecule has 1 aliphatic carbocycles. The van der Waals surface area contributed by atoms with Gasteiger partial charge in [0, 0.05) is 12.6 Å². The summed E-state index contributed by atoms with van der Waals surface area (Å²) >= 11 is 0. The van der Waals surface area contributed by atoms with Gasteiger partial charge in [-0.25, -0.2) is 0 Å². The number of rotatable bonds is 6.